The summed E-state index contributed by atoms with van der Waals surface area (Å²) in [7, 11) is 3.23. The molecule has 1 aromatic carbocycles. The molecule has 3 nitrogen and oxygen atoms in total. The molecule has 1 N–H and O–H groups in total. The van der Waals surface area contributed by atoms with Gasteiger partial charge in [0.25, 0.3) is 0 Å². The van der Waals surface area contributed by atoms with Gasteiger partial charge >= 0.3 is 0 Å². The van der Waals surface area contributed by atoms with E-state index in [1.165, 1.54) is 0 Å². The van der Waals surface area contributed by atoms with Crippen molar-refractivity contribution in [3.8, 4) is 11.5 Å². The Morgan fingerprint density at radius 1 is 1.12 bits per heavy atom. The maximum Gasteiger partial charge on any atom is 0.126 e. The number of ether oxygens (including phenoxy) is 2. The molecule has 0 saturated heterocycles. The van der Waals surface area contributed by atoms with Gasteiger partial charge in [-0.1, -0.05) is 19.1 Å². The number of methoxy groups -OCH3 is 2. The molecular formula is C13H16O3. The summed E-state index contributed by atoms with van der Waals surface area (Å²) >= 11 is 0. The van der Waals surface area contributed by atoms with Crippen molar-refractivity contribution in [2.45, 2.75) is 13.0 Å². The zero-order valence-electron chi connectivity index (χ0n) is 9.73. The van der Waals surface area contributed by atoms with E-state index in [9.17, 15) is 5.11 Å². The van der Waals surface area contributed by atoms with Gasteiger partial charge in [0.1, 0.15) is 11.5 Å². The fourth-order valence-electron chi connectivity index (χ4n) is 2.05. The summed E-state index contributed by atoms with van der Waals surface area (Å²) in [6, 6.07) is 3.68. The third-order valence-electron chi connectivity index (χ3n) is 3.01. The number of aliphatic hydroxyl groups is 1. The predicted octanol–water partition coefficient (Wildman–Crippen LogP) is 2.40. The standard InChI is InChI=1S/C13H16O3/c1-8-4-5-9-10(15-2)6-7-11(16-3)12(9)13(8)14/h4-8,13-14H,1-3H3/t8-,13+/m0/s1. The van der Waals surface area contributed by atoms with Crippen LogP contribution in [-0.2, 0) is 0 Å². The van der Waals surface area contributed by atoms with Crippen LogP contribution in [0.25, 0.3) is 6.08 Å². The highest BCUT2D eigenvalue weighted by Crippen LogP contribution is 2.42. The lowest BCUT2D eigenvalue weighted by Gasteiger charge is -2.26. The second-order valence-electron chi connectivity index (χ2n) is 3.96. The number of hydrogen-bond donors (Lipinski definition) is 1. The Kier molecular flexibility index (Phi) is 2.88. The van der Waals surface area contributed by atoms with Gasteiger partial charge in [-0.25, -0.2) is 0 Å². The summed E-state index contributed by atoms with van der Waals surface area (Å²) in [5.74, 6) is 1.56. The van der Waals surface area contributed by atoms with E-state index >= 15 is 0 Å². The average Bonchev–Trinajstić information content (AvgIpc) is 2.32. The monoisotopic (exact) mass is 220 g/mol. The largest absolute Gasteiger partial charge is 0.496 e. The van der Waals surface area contributed by atoms with E-state index in [1.54, 1.807) is 14.2 Å². The predicted molar refractivity (Wildman–Crippen MR) is 62.7 cm³/mol. The fourth-order valence-corrected chi connectivity index (χ4v) is 2.05. The second-order valence-corrected chi connectivity index (χ2v) is 3.96. The van der Waals surface area contributed by atoms with Crippen molar-refractivity contribution in [3.05, 3.63) is 29.3 Å². The van der Waals surface area contributed by atoms with Crippen molar-refractivity contribution in [2.75, 3.05) is 14.2 Å². The van der Waals surface area contributed by atoms with Gasteiger partial charge < -0.3 is 14.6 Å². The highest BCUT2D eigenvalue weighted by molar-refractivity contribution is 5.67. The van der Waals surface area contributed by atoms with Gasteiger partial charge in [0, 0.05) is 17.0 Å². The van der Waals surface area contributed by atoms with Gasteiger partial charge in [-0.15, -0.1) is 0 Å². The van der Waals surface area contributed by atoms with Crippen molar-refractivity contribution in [3.63, 3.8) is 0 Å². The Morgan fingerprint density at radius 3 is 2.38 bits per heavy atom. The molecule has 0 unspecified atom stereocenters. The smallest absolute Gasteiger partial charge is 0.126 e. The number of hydrogen-bond acceptors (Lipinski definition) is 3. The van der Waals surface area contributed by atoms with Gasteiger partial charge in [-0.3, -0.25) is 0 Å². The fraction of sp³-hybridized carbons (Fsp3) is 0.385. The number of fused-ring (bicyclic) bond motifs is 1. The van der Waals surface area contributed by atoms with Crippen LogP contribution in [0.3, 0.4) is 0 Å². The van der Waals surface area contributed by atoms with Crippen LogP contribution in [0.2, 0.25) is 0 Å². The van der Waals surface area contributed by atoms with Crippen molar-refractivity contribution in [2.24, 2.45) is 5.92 Å². The highest BCUT2D eigenvalue weighted by atomic mass is 16.5. The lowest BCUT2D eigenvalue weighted by Crippen LogP contribution is -2.14. The number of aliphatic hydroxyl groups excluding tert-OH is 1. The Balaban J connectivity index is 2.64. The molecule has 0 saturated carbocycles. The lowest BCUT2D eigenvalue weighted by molar-refractivity contribution is 0.134. The van der Waals surface area contributed by atoms with Crippen LogP contribution in [0.4, 0.5) is 0 Å². The summed E-state index contributed by atoms with van der Waals surface area (Å²) in [6.07, 6.45) is 3.42. The first kappa shape index (κ1) is 11.0. The first-order chi connectivity index (χ1) is 7.69. The summed E-state index contributed by atoms with van der Waals surface area (Å²) in [5, 5.41) is 10.2. The van der Waals surface area contributed by atoms with Crippen LogP contribution in [0.1, 0.15) is 24.2 Å². The maximum atomic E-state index is 10.2. The normalized spacial score (nSPS) is 22.8. The first-order valence-corrected chi connectivity index (χ1v) is 5.30. The molecule has 0 fully saturated rings. The summed E-state index contributed by atoms with van der Waals surface area (Å²) in [5.41, 5.74) is 1.73. The van der Waals surface area contributed by atoms with Crippen LogP contribution in [0.5, 0.6) is 11.5 Å². The van der Waals surface area contributed by atoms with Crippen molar-refractivity contribution in [1.29, 1.82) is 0 Å². The lowest BCUT2D eigenvalue weighted by atomic mass is 9.87. The van der Waals surface area contributed by atoms with Crippen molar-refractivity contribution < 1.29 is 14.6 Å². The molecular weight excluding hydrogens is 204 g/mol. The molecule has 1 aliphatic rings. The number of benzene rings is 1. The Bertz CT molecular complexity index is 423. The molecule has 86 valence electrons. The zero-order valence-corrected chi connectivity index (χ0v) is 9.73. The van der Waals surface area contributed by atoms with Gasteiger partial charge in [0.05, 0.1) is 20.3 Å². The topological polar surface area (TPSA) is 38.7 Å². The summed E-state index contributed by atoms with van der Waals surface area (Å²) in [6.45, 7) is 1.98. The SMILES string of the molecule is COc1ccc(OC)c2c1C=C[C@H](C)[C@H]2O. The molecule has 16 heavy (non-hydrogen) atoms. The molecule has 1 aliphatic carbocycles. The van der Waals surface area contributed by atoms with Crippen LogP contribution in [0, 0.1) is 5.92 Å². The molecule has 3 heteroatoms. The minimum absolute atomic E-state index is 0.0912. The van der Waals surface area contributed by atoms with Crippen LogP contribution in [0.15, 0.2) is 18.2 Å². The van der Waals surface area contributed by atoms with E-state index < -0.39 is 6.10 Å². The molecule has 0 spiro atoms. The van der Waals surface area contributed by atoms with E-state index in [0.29, 0.717) is 5.75 Å². The van der Waals surface area contributed by atoms with Crippen molar-refractivity contribution in [1.82, 2.24) is 0 Å². The van der Waals surface area contributed by atoms with Crippen LogP contribution < -0.4 is 9.47 Å². The molecule has 2 atom stereocenters. The number of rotatable bonds is 2. The molecule has 0 bridgehead atoms. The van der Waals surface area contributed by atoms with Gasteiger partial charge in [0.2, 0.25) is 0 Å². The maximum absolute atomic E-state index is 10.2. The summed E-state index contributed by atoms with van der Waals surface area (Å²) < 4.78 is 10.6. The third kappa shape index (κ3) is 1.57. The molecule has 2 rings (SSSR count). The van der Waals surface area contributed by atoms with Gasteiger partial charge in [0.15, 0.2) is 0 Å². The minimum atomic E-state index is -0.537. The minimum Gasteiger partial charge on any atom is -0.496 e. The highest BCUT2D eigenvalue weighted by Gasteiger charge is 2.26. The molecule has 0 aromatic heterocycles. The Morgan fingerprint density at radius 2 is 1.75 bits per heavy atom. The third-order valence-corrected chi connectivity index (χ3v) is 3.01. The summed E-state index contributed by atoms with van der Waals surface area (Å²) in [4.78, 5) is 0. The Labute approximate surface area is 95.3 Å². The zero-order chi connectivity index (χ0) is 11.7. The van der Waals surface area contributed by atoms with Crippen LogP contribution in [-0.4, -0.2) is 19.3 Å². The van der Waals surface area contributed by atoms with Crippen molar-refractivity contribution >= 4 is 6.08 Å². The average molecular weight is 220 g/mol. The van der Waals surface area contributed by atoms with E-state index in [4.69, 9.17) is 9.47 Å². The molecule has 0 radical (unpaired) electrons. The molecule has 0 amide bonds. The van der Waals surface area contributed by atoms with E-state index in [2.05, 4.69) is 0 Å². The molecule has 1 aromatic rings. The second kappa shape index (κ2) is 4.18. The molecule has 0 heterocycles. The van der Waals surface area contributed by atoms with E-state index in [-0.39, 0.29) is 5.92 Å². The quantitative estimate of drug-likeness (QED) is 0.831. The van der Waals surface area contributed by atoms with Gasteiger partial charge in [-0.2, -0.15) is 0 Å². The van der Waals surface area contributed by atoms with E-state index in [0.717, 1.165) is 16.9 Å². The molecule has 0 aliphatic heterocycles. The van der Waals surface area contributed by atoms with Crippen LogP contribution >= 0.6 is 0 Å². The first-order valence-electron chi connectivity index (χ1n) is 5.30. The van der Waals surface area contributed by atoms with Gasteiger partial charge in [-0.05, 0) is 12.1 Å². The Hall–Kier alpha value is -1.48. The van der Waals surface area contributed by atoms with E-state index in [1.807, 2.05) is 31.2 Å².